The van der Waals surface area contributed by atoms with Gasteiger partial charge in [0.1, 0.15) is 11.9 Å². The van der Waals surface area contributed by atoms with E-state index < -0.39 is 6.09 Å². The van der Waals surface area contributed by atoms with Crippen molar-refractivity contribution >= 4 is 45.6 Å². The zero-order chi connectivity index (χ0) is 36.4. The van der Waals surface area contributed by atoms with Gasteiger partial charge in [0.15, 0.2) is 5.78 Å². The lowest BCUT2D eigenvalue weighted by Gasteiger charge is -2.53. The van der Waals surface area contributed by atoms with Crippen molar-refractivity contribution in [2.45, 2.75) is 83.7 Å². The third-order valence-corrected chi connectivity index (χ3v) is 12.6. The molecule has 3 fully saturated rings. The molecule has 4 aliphatic rings. The number of para-hydroxylation sites is 1. The highest BCUT2D eigenvalue weighted by molar-refractivity contribution is 7.19. The number of pyridine rings is 1. The highest BCUT2D eigenvalue weighted by Gasteiger charge is 2.45. The van der Waals surface area contributed by atoms with E-state index >= 15 is 0 Å². The Morgan fingerprint density at radius 3 is 2.57 bits per heavy atom. The van der Waals surface area contributed by atoms with Gasteiger partial charge in [-0.05, 0) is 112 Å². The molecule has 1 saturated carbocycles. The van der Waals surface area contributed by atoms with Gasteiger partial charge in [0.25, 0.3) is 5.91 Å². The molecule has 1 spiro atoms. The Labute approximate surface area is 315 Å². The van der Waals surface area contributed by atoms with Crippen LogP contribution in [-0.2, 0) is 22.3 Å². The summed E-state index contributed by atoms with van der Waals surface area (Å²) >= 11 is 1.53. The number of thiophene rings is 1. The monoisotopic (exact) mass is 732 g/mol. The molecule has 0 radical (unpaired) electrons. The molecular weight excluding hydrogens is 685 g/mol. The fourth-order valence-corrected chi connectivity index (χ4v) is 9.57. The van der Waals surface area contributed by atoms with Crippen LogP contribution in [0.2, 0.25) is 0 Å². The minimum atomic E-state index is -0.392. The van der Waals surface area contributed by atoms with E-state index in [-0.39, 0.29) is 17.8 Å². The highest BCUT2D eigenvalue weighted by atomic mass is 32.1. The molecule has 10 heteroatoms. The Morgan fingerprint density at radius 2 is 1.77 bits per heavy atom. The summed E-state index contributed by atoms with van der Waals surface area (Å²) in [5.74, 6) is 0.903. The van der Waals surface area contributed by atoms with Crippen molar-refractivity contribution in [2.24, 2.45) is 5.41 Å². The molecule has 0 unspecified atom stereocenters. The lowest BCUT2D eigenvalue weighted by molar-refractivity contribution is -0.000516. The molecule has 9 nitrogen and oxygen atoms in total. The van der Waals surface area contributed by atoms with Crippen LogP contribution in [-0.4, -0.2) is 61.7 Å². The predicted octanol–water partition coefficient (Wildman–Crippen LogP) is 9.03. The fraction of sp³-hybridized carbons (Fsp3) is 0.442. The summed E-state index contributed by atoms with van der Waals surface area (Å²) in [6, 6.07) is 19.8. The van der Waals surface area contributed by atoms with Gasteiger partial charge in [0.05, 0.1) is 16.3 Å². The van der Waals surface area contributed by atoms with Gasteiger partial charge in [-0.2, -0.15) is 0 Å². The second kappa shape index (κ2) is 15.4. The molecule has 1 aliphatic carbocycles. The molecule has 53 heavy (non-hydrogen) atoms. The first-order chi connectivity index (χ1) is 25.8. The fourth-order valence-electron chi connectivity index (χ4n) is 8.44. The Hall–Kier alpha value is -4.54. The van der Waals surface area contributed by atoms with Crippen molar-refractivity contribution in [1.29, 1.82) is 0 Å². The topological polar surface area (TPSA) is 101 Å². The summed E-state index contributed by atoms with van der Waals surface area (Å²) in [4.78, 5) is 50.1. The van der Waals surface area contributed by atoms with Crippen LogP contribution in [0.3, 0.4) is 0 Å². The molecule has 4 aromatic rings. The Bertz CT molecular complexity index is 1970. The van der Waals surface area contributed by atoms with Crippen LogP contribution in [0.5, 0.6) is 0 Å². The Balaban J connectivity index is 0.883. The van der Waals surface area contributed by atoms with Crippen LogP contribution < -0.4 is 15.1 Å². The van der Waals surface area contributed by atoms with Gasteiger partial charge < -0.3 is 19.3 Å². The van der Waals surface area contributed by atoms with E-state index in [1.165, 1.54) is 17.8 Å². The summed E-state index contributed by atoms with van der Waals surface area (Å²) in [5, 5.41) is 3.73. The minimum Gasteiger partial charge on any atom is -0.446 e. The van der Waals surface area contributed by atoms with Gasteiger partial charge in [-0.3, -0.25) is 14.9 Å². The maximum Gasteiger partial charge on any atom is 0.412 e. The summed E-state index contributed by atoms with van der Waals surface area (Å²) in [6.07, 6.45) is 11.5. The first-order valence-corrected chi connectivity index (χ1v) is 20.1. The van der Waals surface area contributed by atoms with Crippen molar-refractivity contribution < 1.29 is 23.9 Å². The van der Waals surface area contributed by atoms with Crippen LogP contribution >= 0.6 is 11.3 Å². The maximum atomic E-state index is 14.0. The number of ether oxygens (including phenoxy) is 2. The van der Waals surface area contributed by atoms with Crippen molar-refractivity contribution in [2.75, 3.05) is 48.0 Å². The first-order valence-electron chi connectivity index (χ1n) is 19.3. The molecule has 2 amide bonds. The normalized spacial score (nSPS) is 18.1. The number of fused-ring (bicyclic) bond motifs is 3. The highest BCUT2D eigenvalue weighted by Crippen LogP contribution is 2.44. The summed E-state index contributed by atoms with van der Waals surface area (Å²) in [6.45, 7) is 6.03. The van der Waals surface area contributed by atoms with Crippen molar-refractivity contribution in [3.8, 4) is 10.4 Å². The second-order valence-corrected chi connectivity index (χ2v) is 16.4. The van der Waals surface area contributed by atoms with Gasteiger partial charge in [-0.25, -0.2) is 9.78 Å². The number of ketones is 1. The zero-order valence-corrected chi connectivity index (χ0v) is 31.3. The summed E-state index contributed by atoms with van der Waals surface area (Å²) in [7, 11) is 0. The lowest BCUT2D eigenvalue weighted by Crippen LogP contribution is -2.59. The zero-order valence-electron chi connectivity index (χ0n) is 30.5. The van der Waals surface area contributed by atoms with Crippen LogP contribution in [0.25, 0.3) is 10.4 Å². The van der Waals surface area contributed by atoms with E-state index in [9.17, 15) is 14.4 Å². The van der Waals surface area contributed by atoms with E-state index in [1.54, 1.807) is 0 Å². The Kier molecular flexibility index (Phi) is 10.3. The molecule has 0 atom stereocenters. The molecule has 2 aromatic heterocycles. The standard InChI is InChI=1S/C43H48N4O5S/c1-29-24-35(40(44-26-29)46-27-43(28-46)19-22-51-23-20-43)37(48)13-7-8-30-14-16-31(17-15-30)41(49)47-21-18-32-25-38(45-42(50)52-33-9-3-2-4-10-33)53-39(32)34-11-5-6-12-36(34)47/h5-6,11-12,14-17,24-26,33H,2-4,7-10,13,18-23,27-28H2,1H3,(H,45,50). The Morgan fingerprint density at radius 1 is 1.00 bits per heavy atom. The lowest BCUT2D eigenvalue weighted by atomic mass is 9.73. The van der Waals surface area contributed by atoms with Crippen LogP contribution in [0, 0.1) is 12.3 Å². The van der Waals surface area contributed by atoms with Crippen molar-refractivity contribution in [3.63, 3.8) is 0 Å². The smallest absolute Gasteiger partial charge is 0.412 e. The SMILES string of the molecule is Cc1cnc(N2CC3(CCOCC3)C2)c(C(=O)CCCc2ccc(C(=O)N3CCc4cc(NC(=O)OC5CCCCC5)sc4-c4ccccc43)cc2)c1. The van der Waals surface area contributed by atoms with E-state index in [0.717, 1.165) is 127 Å². The molecule has 276 valence electrons. The molecule has 0 bridgehead atoms. The largest absolute Gasteiger partial charge is 0.446 e. The maximum absolute atomic E-state index is 14.0. The number of rotatable bonds is 9. The molecule has 1 N–H and O–H groups in total. The average molecular weight is 733 g/mol. The first kappa shape index (κ1) is 35.5. The number of benzene rings is 2. The van der Waals surface area contributed by atoms with Crippen LogP contribution in [0.1, 0.15) is 95.2 Å². The van der Waals surface area contributed by atoms with Crippen LogP contribution in [0.4, 0.5) is 21.3 Å². The van der Waals surface area contributed by atoms with Gasteiger partial charge in [0, 0.05) is 66.9 Å². The summed E-state index contributed by atoms with van der Waals surface area (Å²) < 4.78 is 11.3. The molecule has 3 aliphatic heterocycles. The third-order valence-electron chi connectivity index (χ3n) is 11.4. The number of aromatic nitrogens is 1. The number of nitrogens with zero attached hydrogens (tertiary/aromatic N) is 3. The number of amides is 2. The number of hydrogen-bond acceptors (Lipinski definition) is 8. The van der Waals surface area contributed by atoms with E-state index in [4.69, 9.17) is 14.5 Å². The number of anilines is 3. The minimum absolute atomic E-state index is 0.00335. The quantitative estimate of drug-likeness (QED) is 0.172. The number of carbonyl (C=O) groups excluding carboxylic acids is 3. The molecule has 8 rings (SSSR count). The van der Waals surface area contributed by atoms with Crippen LogP contribution in [0.15, 0.2) is 66.9 Å². The van der Waals surface area contributed by atoms with Gasteiger partial charge >= 0.3 is 6.09 Å². The molecule has 2 saturated heterocycles. The molecular formula is C43H48N4O5S. The number of nitrogens with one attached hydrogen (secondary N) is 1. The average Bonchev–Trinajstić information content (AvgIpc) is 3.49. The summed E-state index contributed by atoms with van der Waals surface area (Å²) in [5.41, 5.74) is 6.71. The van der Waals surface area contributed by atoms with Crippen molar-refractivity contribution in [3.05, 3.63) is 94.7 Å². The second-order valence-electron chi connectivity index (χ2n) is 15.3. The number of aryl methyl sites for hydroxylation is 2. The van der Waals surface area contributed by atoms with E-state index in [0.29, 0.717) is 30.4 Å². The third kappa shape index (κ3) is 7.76. The molecule has 5 heterocycles. The predicted molar refractivity (Wildman–Crippen MR) is 209 cm³/mol. The van der Waals surface area contributed by atoms with E-state index in [1.807, 2.05) is 78.7 Å². The van der Waals surface area contributed by atoms with Gasteiger partial charge in [-0.15, -0.1) is 11.3 Å². The number of hydrogen-bond donors (Lipinski definition) is 1. The number of carbonyl (C=O) groups is 3. The van der Waals surface area contributed by atoms with Crippen molar-refractivity contribution in [1.82, 2.24) is 4.98 Å². The van der Waals surface area contributed by atoms with Gasteiger partial charge in [0.2, 0.25) is 0 Å². The number of Topliss-reactive ketones (excluding diaryl/α,β-unsaturated/α-hetero) is 1. The van der Waals surface area contributed by atoms with Gasteiger partial charge in [-0.1, -0.05) is 36.8 Å². The molecule has 2 aromatic carbocycles. The van der Waals surface area contributed by atoms with E-state index in [2.05, 4.69) is 10.2 Å².